The Kier molecular flexibility index (Phi) is 4.47. The van der Waals surface area contributed by atoms with Gasteiger partial charge in [0, 0.05) is 17.7 Å². The van der Waals surface area contributed by atoms with E-state index in [9.17, 15) is 22.9 Å². The van der Waals surface area contributed by atoms with Gasteiger partial charge in [-0.15, -0.1) is 0 Å². The Morgan fingerprint density at radius 2 is 2.00 bits per heavy atom. The van der Waals surface area contributed by atoms with E-state index in [4.69, 9.17) is 0 Å². The Morgan fingerprint density at radius 3 is 2.72 bits per heavy atom. The molecule has 0 radical (unpaired) electrons. The number of rotatable bonds is 4. The van der Waals surface area contributed by atoms with Gasteiger partial charge in [-0.3, -0.25) is 14.4 Å². The molecule has 0 amide bonds. The van der Waals surface area contributed by atoms with Crippen LogP contribution >= 0.6 is 0 Å². The molecule has 1 aliphatic rings. The van der Waals surface area contributed by atoms with Crippen LogP contribution in [-0.4, -0.2) is 19.4 Å². The van der Waals surface area contributed by atoms with Crippen LogP contribution in [0.1, 0.15) is 24.5 Å². The second-order valence-corrected chi connectivity index (χ2v) is 7.94. The number of nitro groups is 1. The van der Waals surface area contributed by atoms with Gasteiger partial charge in [-0.05, 0) is 43.5 Å². The van der Waals surface area contributed by atoms with E-state index in [1.807, 2.05) is 0 Å². The molecule has 8 heteroatoms. The third-order valence-corrected chi connectivity index (χ3v) is 6.17. The number of halogens is 1. The molecule has 0 N–H and O–H groups in total. The molecule has 0 saturated carbocycles. The van der Waals surface area contributed by atoms with E-state index in [-0.39, 0.29) is 17.3 Å². The zero-order chi connectivity index (χ0) is 18.2. The number of aryl methyl sites for hydroxylation is 1. The summed E-state index contributed by atoms with van der Waals surface area (Å²) in [7, 11) is -3.86. The first kappa shape index (κ1) is 17.3. The van der Waals surface area contributed by atoms with Crippen molar-refractivity contribution in [1.29, 1.82) is 0 Å². The zero-order valence-electron chi connectivity index (χ0n) is 13.6. The van der Waals surface area contributed by atoms with Gasteiger partial charge in [-0.2, -0.15) is 0 Å². The van der Waals surface area contributed by atoms with Gasteiger partial charge in [-0.1, -0.05) is 18.2 Å². The minimum absolute atomic E-state index is 0.133. The van der Waals surface area contributed by atoms with Gasteiger partial charge in [0.2, 0.25) is 10.0 Å². The molecule has 0 fully saturated rings. The molecule has 25 heavy (non-hydrogen) atoms. The molecule has 2 aromatic carbocycles. The summed E-state index contributed by atoms with van der Waals surface area (Å²) < 4.78 is 40.7. The molecule has 0 bridgehead atoms. The Labute approximate surface area is 145 Å². The van der Waals surface area contributed by atoms with Crippen LogP contribution in [0.3, 0.4) is 0 Å². The fraction of sp³-hybridized carbons (Fsp3) is 0.294. The van der Waals surface area contributed by atoms with Crippen molar-refractivity contribution < 1.29 is 17.7 Å². The van der Waals surface area contributed by atoms with Gasteiger partial charge >= 0.3 is 0 Å². The van der Waals surface area contributed by atoms with Crippen LogP contribution in [-0.2, 0) is 22.2 Å². The average molecular weight is 364 g/mol. The normalized spacial score (nSPS) is 17.2. The summed E-state index contributed by atoms with van der Waals surface area (Å²) in [6.07, 6.45) is 1.15. The highest BCUT2D eigenvalue weighted by atomic mass is 32.2. The summed E-state index contributed by atoms with van der Waals surface area (Å²) in [5, 5.41) is 11.1. The molecule has 0 spiro atoms. The molecule has 1 heterocycles. The maximum atomic E-state index is 13.5. The van der Waals surface area contributed by atoms with Crippen LogP contribution in [0.2, 0.25) is 0 Å². The van der Waals surface area contributed by atoms with Crippen LogP contribution < -0.4 is 4.31 Å². The summed E-state index contributed by atoms with van der Waals surface area (Å²) in [5.74, 6) is -0.893. The summed E-state index contributed by atoms with van der Waals surface area (Å²) in [6.45, 7) is 1.78. The van der Waals surface area contributed by atoms with Crippen LogP contribution in [0.25, 0.3) is 0 Å². The monoisotopic (exact) mass is 364 g/mol. The van der Waals surface area contributed by atoms with E-state index >= 15 is 0 Å². The number of para-hydroxylation sites is 1. The molecule has 1 aliphatic heterocycles. The van der Waals surface area contributed by atoms with Crippen molar-refractivity contribution >= 4 is 21.4 Å². The number of fused-ring (bicyclic) bond motifs is 1. The van der Waals surface area contributed by atoms with E-state index in [2.05, 4.69) is 0 Å². The minimum atomic E-state index is -3.86. The van der Waals surface area contributed by atoms with Crippen LogP contribution in [0, 0.1) is 15.9 Å². The first-order valence-electron chi connectivity index (χ1n) is 7.82. The molecule has 6 nitrogen and oxygen atoms in total. The van der Waals surface area contributed by atoms with Crippen molar-refractivity contribution in [2.45, 2.75) is 31.6 Å². The van der Waals surface area contributed by atoms with E-state index in [0.717, 1.165) is 0 Å². The SMILES string of the molecule is CC1CCc2cc(F)ccc2N1S(=O)(=O)Cc1ccccc1[N+](=O)[O-]. The maximum absolute atomic E-state index is 13.5. The molecule has 0 aromatic heterocycles. The highest BCUT2D eigenvalue weighted by Gasteiger charge is 2.34. The predicted molar refractivity (Wildman–Crippen MR) is 92.4 cm³/mol. The summed E-state index contributed by atoms with van der Waals surface area (Å²) in [4.78, 5) is 10.6. The second-order valence-electron chi connectivity index (χ2n) is 6.10. The third-order valence-electron chi connectivity index (χ3n) is 4.34. The lowest BCUT2D eigenvalue weighted by Crippen LogP contribution is -2.42. The lowest BCUT2D eigenvalue weighted by molar-refractivity contribution is -0.385. The van der Waals surface area contributed by atoms with Gasteiger partial charge in [0.1, 0.15) is 11.6 Å². The van der Waals surface area contributed by atoms with Crippen molar-refractivity contribution in [3.63, 3.8) is 0 Å². The smallest absolute Gasteiger partial charge is 0.267 e. The largest absolute Gasteiger partial charge is 0.273 e. The summed E-state index contributed by atoms with van der Waals surface area (Å²) in [6, 6.07) is 9.52. The Bertz CT molecular complexity index is 930. The highest BCUT2D eigenvalue weighted by molar-refractivity contribution is 7.92. The highest BCUT2D eigenvalue weighted by Crippen LogP contribution is 2.35. The molecular weight excluding hydrogens is 347 g/mol. The van der Waals surface area contributed by atoms with Crippen LogP contribution in [0.5, 0.6) is 0 Å². The number of sulfonamides is 1. The molecule has 3 rings (SSSR count). The first-order valence-corrected chi connectivity index (χ1v) is 9.43. The number of hydrogen-bond acceptors (Lipinski definition) is 4. The fourth-order valence-corrected chi connectivity index (χ4v) is 5.10. The van der Waals surface area contributed by atoms with Gasteiger partial charge in [0.25, 0.3) is 5.69 Å². The molecule has 2 aromatic rings. The van der Waals surface area contributed by atoms with Crippen molar-refractivity contribution in [1.82, 2.24) is 0 Å². The van der Waals surface area contributed by atoms with Crippen LogP contribution in [0.4, 0.5) is 15.8 Å². The predicted octanol–water partition coefficient (Wildman–Crippen LogP) is 3.41. The second kappa shape index (κ2) is 6.44. The Hall–Kier alpha value is -2.48. The van der Waals surface area contributed by atoms with E-state index < -0.39 is 26.5 Å². The van der Waals surface area contributed by atoms with Crippen molar-refractivity contribution in [2.24, 2.45) is 0 Å². The number of hydrogen-bond donors (Lipinski definition) is 0. The van der Waals surface area contributed by atoms with Crippen LogP contribution in [0.15, 0.2) is 42.5 Å². The standard InChI is InChI=1S/C17H17FN2O4S/c1-12-6-7-13-10-15(18)8-9-16(13)19(12)25(23,24)11-14-4-2-3-5-17(14)20(21)22/h2-5,8-10,12H,6-7,11H2,1H3. The van der Waals surface area contributed by atoms with Crippen molar-refractivity contribution in [3.8, 4) is 0 Å². The number of nitro benzene ring substituents is 1. The molecule has 0 aliphatic carbocycles. The van der Waals surface area contributed by atoms with E-state index in [1.165, 1.54) is 40.7 Å². The Balaban J connectivity index is 2.02. The summed E-state index contributed by atoms with van der Waals surface area (Å²) in [5.41, 5.74) is 0.979. The molecule has 132 valence electrons. The third kappa shape index (κ3) is 3.34. The fourth-order valence-electron chi connectivity index (χ4n) is 3.19. The number of nitrogens with zero attached hydrogens (tertiary/aromatic N) is 2. The molecule has 0 saturated heterocycles. The molecular formula is C17H17FN2O4S. The average Bonchev–Trinajstić information content (AvgIpc) is 2.54. The van der Waals surface area contributed by atoms with Crippen molar-refractivity contribution in [3.05, 3.63) is 69.5 Å². The lowest BCUT2D eigenvalue weighted by atomic mass is 9.99. The quantitative estimate of drug-likeness (QED) is 0.615. The van der Waals surface area contributed by atoms with Gasteiger partial charge in [0.05, 0.1) is 10.6 Å². The van der Waals surface area contributed by atoms with E-state index in [1.54, 1.807) is 13.0 Å². The summed E-state index contributed by atoms with van der Waals surface area (Å²) >= 11 is 0. The topological polar surface area (TPSA) is 80.5 Å². The zero-order valence-corrected chi connectivity index (χ0v) is 14.4. The van der Waals surface area contributed by atoms with Gasteiger partial charge in [0.15, 0.2) is 0 Å². The lowest BCUT2D eigenvalue weighted by Gasteiger charge is -2.36. The maximum Gasteiger partial charge on any atom is 0.273 e. The first-order chi connectivity index (χ1) is 11.8. The number of benzene rings is 2. The van der Waals surface area contributed by atoms with Crippen molar-refractivity contribution in [2.75, 3.05) is 4.31 Å². The van der Waals surface area contributed by atoms with E-state index in [0.29, 0.717) is 24.1 Å². The molecule has 1 atom stereocenters. The van der Waals surface area contributed by atoms with Gasteiger partial charge in [-0.25, -0.2) is 12.8 Å². The van der Waals surface area contributed by atoms with Gasteiger partial charge < -0.3 is 0 Å². The Morgan fingerprint density at radius 1 is 1.28 bits per heavy atom. The number of anilines is 1. The minimum Gasteiger partial charge on any atom is -0.267 e. The molecule has 1 unspecified atom stereocenters.